The van der Waals surface area contributed by atoms with Crippen molar-refractivity contribution in [3.05, 3.63) is 0 Å². The van der Waals surface area contributed by atoms with Crippen LogP contribution in [0.3, 0.4) is 0 Å². The third kappa shape index (κ3) is 4.73. The van der Waals surface area contributed by atoms with Gasteiger partial charge in [0.2, 0.25) is 0 Å². The lowest BCUT2D eigenvalue weighted by molar-refractivity contribution is 0.514. The molecule has 1 aliphatic rings. The Morgan fingerprint density at radius 2 is 2.00 bits per heavy atom. The Morgan fingerprint density at radius 1 is 1.31 bits per heavy atom. The maximum absolute atomic E-state index is 3.59. The first-order valence-electron chi connectivity index (χ1n) is 5.54. The Morgan fingerprint density at radius 3 is 2.54 bits per heavy atom. The monoisotopic (exact) mass is 264 g/mol. The number of thioether (sulfide) groups is 1. The highest BCUT2D eigenvalue weighted by Crippen LogP contribution is 2.30. The normalized spacial score (nSPS) is 21.7. The van der Waals surface area contributed by atoms with Gasteiger partial charge in [-0.1, -0.05) is 48.5 Å². The SMILES string of the molecule is CCC(CBr)CSC1CCCCC1. The lowest BCUT2D eigenvalue weighted by Crippen LogP contribution is -2.12. The number of hydrogen-bond acceptors (Lipinski definition) is 1. The van der Waals surface area contributed by atoms with Crippen molar-refractivity contribution in [1.82, 2.24) is 0 Å². The smallest absolute Gasteiger partial charge is 0.00674 e. The topological polar surface area (TPSA) is 0 Å². The van der Waals surface area contributed by atoms with Crippen molar-refractivity contribution < 1.29 is 0 Å². The van der Waals surface area contributed by atoms with E-state index in [1.54, 1.807) is 0 Å². The van der Waals surface area contributed by atoms with Crippen molar-refractivity contribution in [3.8, 4) is 0 Å². The van der Waals surface area contributed by atoms with Crippen molar-refractivity contribution in [2.45, 2.75) is 50.7 Å². The molecule has 0 radical (unpaired) electrons. The molecule has 1 unspecified atom stereocenters. The zero-order valence-corrected chi connectivity index (χ0v) is 11.0. The van der Waals surface area contributed by atoms with Gasteiger partial charge in [-0.3, -0.25) is 0 Å². The Bertz CT molecular complexity index is 117. The average Bonchev–Trinajstić information content (AvgIpc) is 2.21. The molecule has 0 aromatic rings. The van der Waals surface area contributed by atoms with Crippen LogP contribution >= 0.6 is 27.7 Å². The second kappa shape index (κ2) is 7.17. The van der Waals surface area contributed by atoms with Crippen molar-refractivity contribution in [2.75, 3.05) is 11.1 Å². The molecule has 2 heteroatoms. The van der Waals surface area contributed by atoms with Crippen LogP contribution in [-0.2, 0) is 0 Å². The van der Waals surface area contributed by atoms with Crippen LogP contribution in [-0.4, -0.2) is 16.3 Å². The Kier molecular flexibility index (Phi) is 6.56. The fourth-order valence-corrected chi connectivity index (χ4v) is 4.33. The van der Waals surface area contributed by atoms with Gasteiger partial charge in [0.05, 0.1) is 0 Å². The fourth-order valence-electron chi connectivity index (χ4n) is 1.78. The fraction of sp³-hybridized carbons (Fsp3) is 1.00. The van der Waals surface area contributed by atoms with Crippen molar-refractivity contribution in [3.63, 3.8) is 0 Å². The summed E-state index contributed by atoms with van der Waals surface area (Å²) in [5.41, 5.74) is 0. The molecule has 1 rings (SSSR count). The highest BCUT2D eigenvalue weighted by Gasteiger charge is 2.15. The molecule has 1 fully saturated rings. The highest BCUT2D eigenvalue weighted by molar-refractivity contribution is 9.09. The van der Waals surface area contributed by atoms with E-state index in [1.807, 2.05) is 0 Å². The van der Waals surface area contributed by atoms with Gasteiger partial charge in [-0.15, -0.1) is 0 Å². The summed E-state index contributed by atoms with van der Waals surface area (Å²) in [5.74, 6) is 2.26. The van der Waals surface area contributed by atoms with E-state index in [2.05, 4.69) is 34.6 Å². The van der Waals surface area contributed by atoms with E-state index >= 15 is 0 Å². The molecule has 1 aliphatic carbocycles. The molecular formula is C11H21BrS. The molecule has 1 saturated carbocycles. The second-order valence-corrected chi connectivity index (χ2v) is 6.00. The third-order valence-corrected chi connectivity index (χ3v) is 5.44. The first kappa shape index (κ1) is 11.9. The Hall–Kier alpha value is 0.830. The van der Waals surface area contributed by atoms with Gasteiger partial charge in [-0.2, -0.15) is 11.8 Å². The van der Waals surface area contributed by atoms with E-state index in [0.717, 1.165) is 11.2 Å². The minimum absolute atomic E-state index is 0.895. The zero-order valence-electron chi connectivity index (χ0n) is 8.60. The first-order valence-corrected chi connectivity index (χ1v) is 7.71. The van der Waals surface area contributed by atoms with Gasteiger partial charge in [0.25, 0.3) is 0 Å². The summed E-state index contributed by atoms with van der Waals surface area (Å²) in [5, 5.41) is 2.17. The van der Waals surface area contributed by atoms with Crippen molar-refractivity contribution >= 4 is 27.7 Å². The minimum atomic E-state index is 0.895. The summed E-state index contributed by atoms with van der Waals surface area (Å²) in [4.78, 5) is 0. The van der Waals surface area contributed by atoms with Crippen LogP contribution < -0.4 is 0 Å². The molecule has 0 N–H and O–H groups in total. The zero-order chi connectivity index (χ0) is 9.52. The summed E-state index contributed by atoms with van der Waals surface area (Å²) in [7, 11) is 0. The molecule has 0 saturated heterocycles. The number of alkyl halides is 1. The van der Waals surface area contributed by atoms with E-state index in [-0.39, 0.29) is 0 Å². The van der Waals surface area contributed by atoms with Crippen molar-refractivity contribution in [2.24, 2.45) is 5.92 Å². The van der Waals surface area contributed by atoms with Crippen LogP contribution in [0.15, 0.2) is 0 Å². The quantitative estimate of drug-likeness (QED) is 0.661. The molecule has 0 aliphatic heterocycles. The first-order chi connectivity index (χ1) is 6.36. The van der Waals surface area contributed by atoms with E-state index in [1.165, 1.54) is 49.6 Å². The molecule has 0 bridgehead atoms. The molecule has 0 aromatic carbocycles. The maximum atomic E-state index is 3.59. The predicted molar refractivity (Wildman–Crippen MR) is 66.9 cm³/mol. The largest absolute Gasteiger partial charge is 0.158 e. The highest BCUT2D eigenvalue weighted by atomic mass is 79.9. The van der Waals surface area contributed by atoms with Crippen LogP contribution in [0.25, 0.3) is 0 Å². The standard InChI is InChI=1S/C11H21BrS/c1-2-10(8-12)9-13-11-6-4-3-5-7-11/h10-11H,2-9H2,1H3. The second-order valence-electron chi connectivity index (χ2n) is 4.02. The molecule has 78 valence electrons. The number of halogens is 1. The predicted octanol–water partition coefficient (Wildman–Crippen LogP) is 4.47. The Balaban J connectivity index is 2.09. The summed E-state index contributed by atoms with van der Waals surface area (Å²) in [6.07, 6.45) is 8.70. The number of rotatable bonds is 5. The van der Waals surface area contributed by atoms with Crippen LogP contribution in [0.5, 0.6) is 0 Å². The summed E-state index contributed by atoms with van der Waals surface area (Å²) in [6, 6.07) is 0. The van der Waals surface area contributed by atoms with Crippen LogP contribution in [0, 0.1) is 5.92 Å². The molecule has 0 amide bonds. The van der Waals surface area contributed by atoms with Gasteiger partial charge in [0.15, 0.2) is 0 Å². The van der Waals surface area contributed by atoms with E-state index in [4.69, 9.17) is 0 Å². The van der Waals surface area contributed by atoms with Crippen LogP contribution in [0.2, 0.25) is 0 Å². The van der Waals surface area contributed by atoms with E-state index in [0.29, 0.717) is 0 Å². The van der Waals surface area contributed by atoms with Gasteiger partial charge in [-0.25, -0.2) is 0 Å². The molecule has 0 aromatic heterocycles. The van der Waals surface area contributed by atoms with Gasteiger partial charge >= 0.3 is 0 Å². The van der Waals surface area contributed by atoms with E-state index < -0.39 is 0 Å². The summed E-state index contributed by atoms with van der Waals surface area (Å²) < 4.78 is 0. The van der Waals surface area contributed by atoms with Crippen molar-refractivity contribution in [1.29, 1.82) is 0 Å². The van der Waals surface area contributed by atoms with E-state index in [9.17, 15) is 0 Å². The minimum Gasteiger partial charge on any atom is -0.158 e. The van der Waals surface area contributed by atoms with Gasteiger partial charge < -0.3 is 0 Å². The van der Waals surface area contributed by atoms with Gasteiger partial charge in [0, 0.05) is 10.6 Å². The summed E-state index contributed by atoms with van der Waals surface area (Å²) in [6.45, 7) is 2.30. The Labute approximate surface area is 95.4 Å². The molecule has 0 nitrogen and oxygen atoms in total. The lowest BCUT2D eigenvalue weighted by atomic mass is 10.0. The summed E-state index contributed by atoms with van der Waals surface area (Å²) >= 11 is 5.81. The van der Waals surface area contributed by atoms with Crippen LogP contribution in [0.4, 0.5) is 0 Å². The number of hydrogen-bond donors (Lipinski definition) is 0. The molecular weight excluding hydrogens is 244 g/mol. The lowest BCUT2D eigenvalue weighted by Gasteiger charge is -2.22. The van der Waals surface area contributed by atoms with Gasteiger partial charge in [0.1, 0.15) is 0 Å². The third-order valence-electron chi connectivity index (χ3n) is 2.92. The van der Waals surface area contributed by atoms with Crippen LogP contribution in [0.1, 0.15) is 45.4 Å². The van der Waals surface area contributed by atoms with Gasteiger partial charge in [-0.05, 0) is 24.5 Å². The molecule has 13 heavy (non-hydrogen) atoms. The molecule has 0 spiro atoms. The maximum Gasteiger partial charge on any atom is 0.00674 e. The average molecular weight is 265 g/mol. The molecule has 1 atom stereocenters. The molecule has 0 heterocycles.